The molecule has 25 heavy (non-hydrogen) atoms. The summed E-state index contributed by atoms with van der Waals surface area (Å²) >= 11 is 0. The van der Waals surface area contributed by atoms with Crippen LogP contribution in [0.25, 0.3) is 0 Å². The summed E-state index contributed by atoms with van der Waals surface area (Å²) in [6.45, 7) is 6.64. The molecular weight excluding hydrogens is 318 g/mol. The third kappa shape index (κ3) is 3.69. The monoisotopic (exact) mass is 339 g/mol. The van der Waals surface area contributed by atoms with E-state index in [9.17, 15) is 0 Å². The van der Waals surface area contributed by atoms with E-state index in [0.717, 1.165) is 55.0 Å². The summed E-state index contributed by atoms with van der Waals surface area (Å²) in [7, 11) is 0. The number of H-pyrrole nitrogens is 1. The molecule has 2 N–H and O–H groups in total. The lowest BCUT2D eigenvalue weighted by atomic mass is 10.1. The highest BCUT2D eigenvalue weighted by atomic mass is 16.5. The number of nitrogens with one attached hydrogen (secondary N) is 2. The standard InChI is InChI=1S/C17H21N7O/c1-11-7-14(21-15-8-12(2)25-23-15)22-17(20-11)13-3-6-24(9-13)10-16-18-4-5-19-16/h4-5,7-8,13H,3,6,9-10H2,1-2H3,(H,18,19)(H,20,21,22,23). The van der Waals surface area contributed by atoms with Crippen molar-refractivity contribution in [3.63, 3.8) is 0 Å². The molecule has 0 aromatic carbocycles. The molecule has 4 rings (SSSR count). The summed E-state index contributed by atoms with van der Waals surface area (Å²) in [5, 5.41) is 7.15. The number of nitrogens with zero attached hydrogens (tertiary/aromatic N) is 5. The maximum absolute atomic E-state index is 5.09. The van der Waals surface area contributed by atoms with Gasteiger partial charge in [-0.15, -0.1) is 0 Å². The van der Waals surface area contributed by atoms with Gasteiger partial charge in [0.15, 0.2) is 5.82 Å². The van der Waals surface area contributed by atoms with Crippen LogP contribution in [0.15, 0.2) is 29.0 Å². The van der Waals surface area contributed by atoms with E-state index in [-0.39, 0.29) is 0 Å². The fourth-order valence-electron chi connectivity index (χ4n) is 3.18. The number of aromatic nitrogens is 5. The normalized spacial score (nSPS) is 17.9. The summed E-state index contributed by atoms with van der Waals surface area (Å²) in [4.78, 5) is 19.2. The second-order valence-corrected chi connectivity index (χ2v) is 6.46. The van der Waals surface area contributed by atoms with Crippen molar-refractivity contribution in [2.24, 2.45) is 0 Å². The summed E-state index contributed by atoms with van der Waals surface area (Å²) in [6, 6.07) is 3.76. The van der Waals surface area contributed by atoms with Crippen LogP contribution in [0.3, 0.4) is 0 Å². The number of anilines is 2. The Labute approximate surface area is 145 Å². The van der Waals surface area contributed by atoms with Crippen LogP contribution < -0.4 is 5.32 Å². The molecular formula is C17H21N7O. The second kappa shape index (κ2) is 6.64. The molecule has 1 fully saturated rings. The minimum Gasteiger partial charge on any atom is -0.360 e. The Bertz CT molecular complexity index is 843. The fraction of sp³-hybridized carbons (Fsp3) is 0.412. The third-order valence-electron chi connectivity index (χ3n) is 4.32. The summed E-state index contributed by atoms with van der Waals surface area (Å²) in [5.41, 5.74) is 0.942. The van der Waals surface area contributed by atoms with E-state index in [1.165, 1.54) is 0 Å². The van der Waals surface area contributed by atoms with Gasteiger partial charge < -0.3 is 14.8 Å². The van der Waals surface area contributed by atoms with E-state index < -0.39 is 0 Å². The Morgan fingerprint density at radius 2 is 2.20 bits per heavy atom. The van der Waals surface area contributed by atoms with Crippen molar-refractivity contribution in [1.29, 1.82) is 0 Å². The lowest BCUT2D eigenvalue weighted by molar-refractivity contribution is 0.318. The third-order valence-corrected chi connectivity index (χ3v) is 4.32. The number of hydrogen-bond acceptors (Lipinski definition) is 7. The fourth-order valence-corrected chi connectivity index (χ4v) is 3.18. The molecule has 8 heteroatoms. The Balaban J connectivity index is 1.46. The molecule has 0 radical (unpaired) electrons. The number of rotatable bonds is 5. The van der Waals surface area contributed by atoms with Gasteiger partial charge in [0.05, 0.1) is 6.54 Å². The molecule has 0 amide bonds. The van der Waals surface area contributed by atoms with Crippen LogP contribution in [0.1, 0.15) is 35.4 Å². The highest BCUT2D eigenvalue weighted by Gasteiger charge is 2.27. The van der Waals surface area contributed by atoms with E-state index in [1.807, 2.05) is 32.2 Å². The Kier molecular flexibility index (Phi) is 4.19. The van der Waals surface area contributed by atoms with E-state index in [4.69, 9.17) is 9.51 Å². The molecule has 1 atom stereocenters. The summed E-state index contributed by atoms with van der Waals surface area (Å²) in [6.07, 6.45) is 4.69. The van der Waals surface area contributed by atoms with Crippen molar-refractivity contribution in [2.45, 2.75) is 32.7 Å². The summed E-state index contributed by atoms with van der Waals surface area (Å²) in [5.74, 6) is 4.37. The van der Waals surface area contributed by atoms with Gasteiger partial charge >= 0.3 is 0 Å². The molecule has 8 nitrogen and oxygen atoms in total. The average Bonchev–Trinajstić information content (AvgIpc) is 3.30. The van der Waals surface area contributed by atoms with E-state index in [1.54, 1.807) is 6.20 Å². The lowest BCUT2D eigenvalue weighted by Gasteiger charge is -2.14. The highest BCUT2D eigenvalue weighted by molar-refractivity contribution is 5.51. The smallest absolute Gasteiger partial charge is 0.175 e. The first-order valence-corrected chi connectivity index (χ1v) is 8.42. The Hall–Kier alpha value is -2.74. The van der Waals surface area contributed by atoms with Crippen molar-refractivity contribution in [3.8, 4) is 0 Å². The van der Waals surface area contributed by atoms with E-state index in [0.29, 0.717) is 11.7 Å². The topological polar surface area (TPSA) is 95.8 Å². The van der Waals surface area contributed by atoms with Crippen LogP contribution in [0.5, 0.6) is 0 Å². The molecule has 1 saturated heterocycles. The van der Waals surface area contributed by atoms with Gasteiger partial charge in [0.2, 0.25) is 0 Å². The summed E-state index contributed by atoms with van der Waals surface area (Å²) < 4.78 is 5.09. The highest BCUT2D eigenvalue weighted by Crippen LogP contribution is 2.27. The molecule has 0 aliphatic carbocycles. The van der Waals surface area contributed by atoms with Gasteiger partial charge in [-0.3, -0.25) is 4.90 Å². The van der Waals surface area contributed by atoms with Crippen molar-refractivity contribution in [2.75, 3.05) is 18.4 Å². The van der Waals surface area contributed by atoms with E-state index >= 15 is 0 Å². The van der Waals surface area contributed by atoms with Crippen molar-refractivity contribution in [1.82, 2.24) is 30.0 Å². The van der Waals surface area contributed by atoms with Gasteiger partial charge in [-0.05, 0) is 26.8 Å². The maximum Gasteiger partial charge on any atom is 0.175 e. The van der Waals surface area contributed by atoms with Crippen LogP contribution in [0.2, 0.25) is 0 Å². The molecule has 1 unspecified atom stereocenters. The molecule has 0 saturated carbocycles. The SMILES string of the molecule is Cc1cc(Nc2cc(C)on2)nc(C2CCN(Cc3ncc[nH]3)C2)n1. The average molecular weight is 339 g/mol. The van der Waals surface area contributed by atoms with Gasteiger partial charge in [0.1, 0.15) is 23.2 Å². The zero-order chi connectivity index (χ0) is 17.2. The molecule has 1 aliphatic rings. The van der Waals surface area contributed by atoms with Crippen LogP contribution >= 0.6 is 0 Å². The molecule has 0 spiro atoms. The van der Waals surface area contributed by atoms with Crippen LogP contribution in [-0.2, 0) is 6.54 Å². The quantitative estimate of drug-likeness (QED) is 0.737. The Morgan fingerprint density at radius 3 is 2.96 bits per heavy atom. The number of likely N-dealkylation sites (tertiary alicyclic amines) is 1. The number of aromatic amines is 1. The first kappa shape index (κ1) is 15.8. The number of imidazole rings is 1. The lowest BCUT2D eigenvalue weighted by Crippen LogP contribution is -2.21. The van der Waals surface area contributed by atoms with Crippen LogP contribution in [-0.4, -0.2) is 43.1 Å². The maximum atomic E-state index is 5.09. The van der Waals surface area contributed by atoms with Gasteiger partial charge in [0.25, 0.3) is 0 Å². The van der Waals surface area contributed by atoms with Gasteiger partial charge in [-0.1, -0.05) is 5.16 Å². The largest absolute Gasteiger partial charge is 0.360 e. The van der Waals surface area contributed by atoms with Crippen molar-refractivity contribution < 1.29 is 4.52 Å². The van der Waals surface area contributed by atoms with Crippen molar-refractivity contribution >= 4 is 11.6 Å². The molecule has 0 bridgehead atoms. The second-order valence-electron chi connectivity index (χ2n) is 6.46. The first-order valence-electron chi connectivity index (χ1n) is 8.42. The number of hydrogen-bond donors (Lipinski definition) is 2. The zero-order valence-corrected chi connectivity index (χ0v) is 14.4. The van der Waals surface area contributed by atoms with Crippen LogP contribution in [0.4, 0.5) is 11.6 Å². The van der Waals surface area contributed by atoms with Gasteiger partial charge in [-0.2, -0.15) is 0 Å². The van der Waals surface area contributed by atoms with Gasteiger partial charge in [0, 0.05) is 42.7 Å². The Morgan fingerprint density at radius 1 is 1.28 bits per heavy atom. The predicted octanol–water partition coefficient (Wildman–Crippen LogP) is 2.54. The molecule has 1 aliphatic heterocycles. The molecule has 130 valence electrons. The molecule has 3 aromatic rings. The zero-order valence-electron chi connectivity index (χ0n) is 14.4. The first-order chi connectivity index (χ1) is 12.2. The van der Waals surface area contributed by atoms with Crippen molar-refractivity contribution in [3.05, 3.63) is 47.6 Å². The number of aryl methyl sites for hydroxylation is 2. The molecule has 3 aromatic heterocycles. The van der Waals surface area contributed by atoms with Crippen LogP contribution in [0, 0.1) is 13.8 Å². The van der Waals surface area contributed by atoms with Gasteiger partial charge in [-0.25, -0.2) is 15.0 Å². The minimum atomic E-state index is 0.328. The predicted molar refractivity (Wildman–Crippen MR) is 92.5 cm³/mol. The van der Waals surface area contributed by atoms with E-state index in [2.05, 4.69) is 30.3 Å². The minimum absolute atomic E-state index is 0.328. The molecule has 4 heterocycles.